The largest absolute Gasteiger partial charge is 0.378 e. The van der Waals surface area contributed by atoms with Crippen LogP contribution in [-0.4, -0.2) is 71.6 Å². The molecular weight excluding hydrogens is 282 g/mol. The second-order valence-electron chi connectivity index (χ2n) is 6.86. The monoisotopic (exact) mass is 311 g/mol. The molecule has 0 bridgehead atoms. The molecule has 22 heavy (non-hydrogen) atoms. The molecule has 2 aliphatic rings. The fraction of sp³-hybridized carbons (Fsp3) is 0.875. The molecule has 2 heterocycles. The highest BCUT2D eigenvalue weighted by Gasteiger charge is 2.40. The highest BCUT2D eigenvalue weighted by molar-refractivity contribution is 5.86. The summed E-state index contributed by atoms with van der Waals surface area (Å²) >= 11 is 0. The average Bonchev–Trinajstić information content (AvgIpc) is 2.49. The number of likely N-dealkylation sites (tertiary alicyclic amines) is 2. The third-order valence-corrected chi connectivity index (χ3v) is 4.93. The van der Waals surface area contributed by atoms with Gasteiger partial charge in [0.25, 0.3) is 5.91 Å². The van der Waals surface area contributed by atoms with Crippen LogP contribution in [0.3, 0.4) is 0 Å². The zero-order valence-electron chi connectivity index (χ0n) is 13.8. The summed E-state index contributed by atoms with van der Waals surface area (Å²) in [7, 11) is 0. The summed E-state index contributed by atoms with van der Waals surface area (Å²) in [4.78, 5) is 27.6. The lowest BCUT2D eigenvalue weighted by Crippen LogP contribution is -2.58. The van der Waals surface area contributed by atoms with E-state index >= 15 is 0 Å². The van der Waals surface area contributed by atoms with Crippen LogP contribution in [0.25, 0.3) is 0 Å². The lowest BCUT2D eigenvalue weighted by atomic mass is 9.92. The number of nitrogens with one attached hydrogen (secondary N) is 1. The van der Waals surface area contributed by atoms with Crippen LogP contribution in [0.15, 0.2) is 0 Å². The fourth-order valence-corrected chi connectivity index (χ4v) is 3.27. The minimum atomic E-state index is -1.43. The van der Waals surface area contributed by atoms with E-state index in [-0.39, 0.29) is 18.4 Å². The van der Waals surface area contributed by atoms with Gasteiger partial charge in [-0.3, -0.25) is 9.59 Å². The van der Waals surface area contributed by atoms with E-state index in [4.69, 9.17) is 0 Å². The predicted octanol–water partition coefficient (Wildman–Crippen LogP) is 0.208. The Morgan fingerprint density at radius 2 is 1.95 bits per heavy atom. The van der Waals surface area contributed by atoms with Gasteiger partial charge in [-0.1, -0.05) is 6.92 Å². The van der Waals surface area contributed by atoms with E-state index in [2.05, 4.69) is 17.1 Å². The maximum absolute atomic E-state index is 12.3. The molecule has 2 saturated heterocycles. The number of carbonyl (C=O) groups excluding carboxylic acids is 2. The summed E-state index contributed by atoms with van der Waals surface area (Å²) in [5, 5.41) is 13.4. The third-order valence-electron chi connectivity index (χ3n) is 4.93. The molecule has 6 nitrogen and oxygen atoms in total. The van der Waals surface area contributed by atoms with E-state index in [1.54, 1.807) is 4.90 Å². The summed E-state index contributed by atoms with van der Waals surface area (Å²) in [5.41, 5.74) is -1.43. The van der Waals surface area contributed by atoms with Gasteiger partial charge in [0.1, 0.15) is 0 Å². The molecular formula is C16H29N3O3. The Kier molecular flexibility index (Phi) is 5.81. The normalized spacial score (nSPS) is 27.7. The van der Waals surface area contributed by atoms with Crippen molar-refractivity contribution in [3.8, 4) is 0 Å². The van der Waals surface area contributed by atoms with Crippen molar-refractivity contribution in [2.24, 2.45) is 5.92 Å². The number of hydrogen-bond acceptors (Lipinski definition) is 4. The molecule has 126 valence electrons. The molecule has 0 aromatic heterocycles. The standard InChI is InChI=1S/C16H29N3O3/c1-13-4-9-18(10-5-13)11-7-17-15(21)16(22)6-3-8-19(12-16)14(2)20/h13,22H,3-12H2,1-2H3,(H,17,21). The van der Waals surface area contributed by atoms with Crippen LogP contribution >= 0.6 is 0 Å². The van der Waals surface area contributed by atoms with Crippen LogP contribution in [0, 0.1) is 5.92 Å². The van der Waals surface area contributed by atoms with E-state index < -0.39 is 5.60 Å². The lowest BCUT2D eigenvalue weighted by molar-refractivity contribution is -0.150. The van der Waals surface area contributed by atoms with Crippen molar-refractivity contribution >= 4 is 11.8 Å². The number of amides is 2. The first kappa shape index (κ1) is 17.2. The molecule has 0 aliphatic carbocycles. The molecule has 0 saturated carbocycles. The van der Waals surface area contributed by atoms with Crippen LogP contribution in [0.5, 0.6) is 0 Å². The second-order valence-corrected chi connectivity index (χ2v) is 6.86. The Bertz CT molecular complexity index is 407. The summed E-state index contributed by atoms with van der Waals surface area (Å²) in [6, 6.07) is 0. The lowest BCUT2D eigenvalue weighted by Gasteiger charge is -2.37. The number of rotatable bonds is 4. The van der Waals surface area contributed by atoms with Crippen LogP contribution in [0.1, 0.15) is 39.5 Å². The van der Waals surface area contributed by atoms with Gasteiger partial charge in [-0.2, -0.15) is 0 Å². The van der Waals surface area contributed by atoms with Gasteiger partial charge in [0.2, 0.25) is 5.91 Å². The van der Waals surface area contributed by atoms with Crippen molar-refractivity contribution in [1.29, 1.82) is 0 Å². The van der Waals surface area contributed by atoms with Gasteiger partial charge in [-0.15, -0.1) is 0 Å². The number of β-amino-alcohol motifs (C(OH)–C–C–N with tert-alkyl or cyclic N) is 1. The van der Waals surface area contributed by atoms with Crippen LogP contribution in [0.4, 0.5) is 0 Å². The maximum atomic E-state index is 12.3. The van der Waals surface area contributed by atoms with Gasteiger partial charge >= 0.3 is 0 Å². The molecule has 2 aliphatic heterocycles. The van der Waals surface area contributed by atoms with Gasteiger partial charge < -0.3 is 20.2 Å². The molecule has 0 aromatic rings. The van der Waals surface area contributed by atoms with E-state index in [1.807, 2.05) is 0 Å². The molecule has 0 spiro atoms. The first-order chi connectivity index (χ1) is 10.4. The summed E-state index contributed by atoms with van der Waals surface area (Å²) in [6.07, 6.45) is 3.51. The first-order valence-corrected chi connectivity index (χ1v) is 8.39. The van der Waals surface area contributed by atoms with Crippen molar-refractivity contribution in [2.45, 2.75) is 45.1 Å². The Balaban J connectivity index is 1.75. The Morgan fingerprint density at radius 1 is 1.27 bits per heavy atom. The first-order valence-electron chi connectivity index (χ1n) is 8.39. The van der Waals surface area contributed by atoms with Gasteiger partial charge in [0.05, 0.1) is 6.54 Å². The molecule has 2 fully saturated rings. The van der Waals surface area contributed by atoms with Crippen LogP contribution in [-0.2, 0) is 9.59 Å². The van der Waals surface area contributed by atoms with Gasteiger partial charge in [-0.25, -0.2) is 0 Å². The van der Waals surface area contributed by atoms with Crippen molar-refractivity contribution in [1.82, 2.24) is 15.1 Å². The smallest absolute Gasteiger partial charge is 0.253 e. The molecule has 0 aromatic carbocycles. The van der Waals surface area contributed by atoms with E-state index in [0.717, 1.165) is 25.6 Å². The van der Waals surface area contributed by atoms with Crippen LogP contribution < -0.4 is 5.32 Å². The number of carbonyl (C=O) groups is 2. The molecule has 0 radical (unpaired) electrons. The maximum Gasteiger partial charge on any atom is 0.253 e. The molecule has 1 unspecified atom stereocenters. The SMILES string of the molecule is CC(=O)N1CCCC(O)(C(=O)NCCN2CCC(C)CC2)C1. The molecule has 6 heteroatoms. The van der Waals surface area contributed by atoms with Gasteiger partial charge in [0, 0.05) is 26.6 Å². The Labute approximate surface area is 132 Å². The van der Waals surface area contributed by atoms with Crippen LogP contribution in [0.2, 0.25) is 0 Å². The van der Waals surface area contributed by atoms with Crippen molar-refractivity contribution < 1.29 is 14.7 Å². The summed E-state index contributed by atoms with van der Waals surface area (Å²) < 4.78 is 0. The topological polar surface area (TPSA) is 72.9 Å². The van der Waals surface area contributed by atoms with Crippen molar-refractivity contribution in [3.05, 3.63) is 0 Å². The summed E-state index contributed by atoms with van der Waals surface area (Å²) in [6.45, 7) is 8.02. The number of hydrogen-bond donors (Lipinski definition) is 2. The molecule has 2 N–H and O–H groups in total. The number of aliphatic hydroxyl groups is 1. The minimum Gasteiger partial charge on any atom is -0.378 e. The molecule has 2 rings (SSSR count). The molecule has 1 atom stereocenters. The second kappa shape index (κ2) is 7.42. The average molecular weight is 311 g/mol. The van der Waals surface area contributed by atoms with Gasteiger partial charge in [-0.05, 0) is 44.7 Å². The Morgan fingerprint density at radius 3 is 2.59 bits per heavy atom. The van der Waals surface area contributed by atoms with Crippen molar-refractivity contribution in [2.75, 3.05) is 39.3 Å². The zero-order chi connectivity index (χ0) is 16.2. The highest BCUT2D eigenvalue weighted by Crippen LogP contribution is 2.21. The minimum absolute atomic E-state index is 0.0895. The molecule has 2 amide bonds. The quantitative estimate of drug-likeness (QED) is 0.778. The Hall–Kier alpha value is -1.14. The fourth-order valence-electron chi connectivity index (χ4n) is 3.27. The highest BCUT2D eigenvalue weighted by atomic mass is 16.3. The summed E-state index contributed by atoms with van der Waals surface area (Å²) in [5.74, 6) is 0.364. The third kappa shape index (κ3) is 4.43. The van der Waals surface area contributed by atoms with E-state index in [1.165, 1.54) is 19.8 Å². The predicted molar refractivity (Wildman–Crippen MR) is 84.3 cm³/mol. The number of nitrogens with zero attached hydrogens (tertiary/aromatic N) is 2. The van der Waals surface area contributed by atoms with E-state index in [9.17, 15) is 14.7 Å². The number of piperidine rings is 2. The van der Waals surface area contributed by atoms with E-state index in [0.29, 0.717) is 25.9 Å². The van der Waals surface area contributed by atoms with Crippen molar-refractivity contribution in [3.63, 3.8) is 0 Å². The van der Waals surface area contributed by atoms with Gasteiger partial charge in [0.15, 0.2) is 5.60 Å². The zero-order valence-corrected chi connectivity index (χ0v) is 13.8.